The highest BCUT2D eigenvalue weighted by Gasteiger charge is 2.24. The summed E-state index contributed by atoms with van der Waals surface area (Å²) in [6, 6.07) is 0. The van der Waals surface area contributed by atoms with Gasteiger partial charge in [0.05, 0.1) is 0 Å². The molecule has 1 atom stereocenters. The van der Waals surface area contributed by atoms with Crippen LogP contribution in [0.1, 0.15) is 45.4 Å². The van der Waals surface area contributed by atoms with Crippen LogP contribution in [0.3, 0.4) is 0 Å². The lowest BCUT2D eigenvalue weighted by Crippen LogP contribution is -2.41. The minimum absolute atomic E-state index is 0.168. The first-order valence-corrected chi connectivity index (χ1v) is 7.90. The monoisotopic (exact) mass is 233 g/mol. The van der Waals surface area contributed by atoms with Gasteiger partial charge in [0.15, 0.2) is 0 Å². The van der Waals surface area contributed by atoms with Crippen molar-refractivity contribution >= 4 is 9.84 Å². The molecule has 1 fully saturated rings. The number of hydrogen-bond acceptors (Lipinski definition) is 3. The van der Waals surface area contributed by atoms with Gasteiger partial charge < -0.3 is 5.32 Å². The van der Waals surface area contributed by atoms with E-state index in [0.717, 1.165) is 19.4 Å². The first-order valence-electron chi connectivity index (χ1n) is 5.84. The zero-order chi connectivity index (χ0) is 11.4. The molecule has 0 amide bonds. The van der Waals surface area contributed by atoms with Gasteiger partial charge in [0.25, 0.3) is 0 Å². The van der Waals surface area contributed by atoms with Gasteiger partial charge in [-0.25, -0.2) is 8.42 Å². The van der Waals surface area contributed by atoms with Gasteiger partial charge in [0.2, 0.25) is 0 Å². The highest BCUT2D eigenvalue weighted by molar-refractivity contribution is 7.90. The SMILES string of the molecule is CC1(CCCS(C)(=O)=O)CCCCCN1. The predicted molar refractivity (Wildman–Crippen MR) is 63.8 cm³/mol. The maximum atomic E-state index is 11.0. The highest BCUT2D eigenvalue weighted by atomic mass is 32.2. The Labute approximate surface area is 93.6 Å². The summed E-state index contributed by atoms with van der Waals surface area (Å²) >= 11 is 0. The fourth-order valence-corrected chi connectivity index (χ4v) is 2.90. The van der Waals surface area contributed by atoms with E-state index in [4.69, 9.17) is 0 Å². The Morgan fingerprint density at radius 3 is 2.67 bits per heavy atom. The minimum atomic E-state index is -2.79. The van der Waals surface area contributed by atoms with Crippen LogP contribution in [0.15, 0.2) is 0 Å². The van der Waals surface area contributed by atoms with Crippen LogP contribution < -0.4 is 5.32 Å². The Morgan fingerprint density at radius 2 is 2.00 bits per heavy atom. The Bertz CT molecular complexity index is 277. The van der Waals surface area contributed by atoms with Crippen LogP contribution in [-0.4, -0.2) is 32.5 Å². The molecule has 0 saturated carbocycles. The molecular formula is C11H23NO2S. The molecule has 1 rings (SSSR count). The van der Waals surface area contributed by atoms with Crippen LogP contribution in [-0.2, 0) is 9.84 Å². The molecule has 15 heavy (non-hydrogen) atoms. The molecule has 0 radical (unpaired) electrons. The molecule has 0 aromatic carbocycles. The van der Waals surface area contributed by atoms with Gasteiger partial charge in [-0.15, -0.1) is 0 Å². The molecular weight excluding hydrogens is 210 g/mol. The second-order valence-electron chi connectivity index (χ2n) is 5.03. The first kappa shape index (κ1) is 13.0. The van der Waals surface area contributed by atoms with Gasteiger partial charge in [0, 0.05) is 17.5 Å². The summed E-state index contributed by atoms with van der Waals surface area (Å²) in [5.74, 6) is 0.324. The molecule has 0 bridgehead atoms. The van der Waals surface area contributed by atoms with Crippen molar-refractivity contribution in [2.45, 2.75) is 51.0 Å². The van der Waals surface area contributed by atoms with E-state index < -0.39 is 9.84 Å². The zero-order valence-corrected chi connectivity index (χ0v) is 10.7. The highest BCUT2D eigenvalue weighted by Crippen LogP contribution is 2.23. The van der Waals surface area contributed by atoms with E-state index in [0.29, 0.717) is 5.75 Å². The van der Waals surface area contributed by atoms with Gasteiger partial charge in [-0.1, -0.05) is 12.8 Å². The van der Waals surface area contributed by atoms with Crippen molar-refractivity contribution in [3.05, 3.63) is 0 Å². The largest absolute Gasteiger partial charge is 0.312 e. The summed E-state index contributed by atoms with van der Waals surface area (Å²) < 4.78 is 22.0. The van der Waals surface area contributed by atoms with Gasteiger partial charge in [-0.05, 0) is 39.2 Å². The van der Waals surface area contributed by atoms with Crippen molar-refractivity contribution < 1.29 is 8.42 Å². The standard InChI is InChI=1S/C11H23NO2S/c1-11(7-4-3-5-9-12-11)8-6-10-15(2,13)14/h12H,3-10H2,1-2H3. The Hall–Kier alpha value is -0.0900. The molecule has 1 aliphatic rings. The van der Waals surface area contributed by atoms with Crippen molar-refractivity contribution in [3.8, 4) is 0 Å². The molecule has 4 heteroatoms. The third kappa shape index (κ3) is 5.52. The van der Waals surface area contributed by atoms with E-state index in [2.05, 4.69) is 12.2 Å². The van der Waals surface area contributed by atoms with Crippen LogP contribution in [0, 0.1) is 0 Å². The van der Waals surface area contributed by atoms with Crippen LogP contribution in [0.2, 0.25) is 0 Å². The van der Waals surface area contributed by atoms with Crippen LogP contribution in [0.5, 0.6) is 0 Å². The third-order valence-electron chi connectivity index (χ3n) is 3.20. The maximum Gasteiger partial charge on any atom is 0.147 e. The van der Waals surface area contributed by atoms with Gasteiger partial charge in [-0.3, -0.25) is 0 Å². The Kier molecular flexibility index (Phi) is 4.59. The van der Waals surface area contributed by atoms with Gasteiger partial charge >= 0.3 is 0 Å². The predicted octanol–water partition coefficient (Wildman–Crippen LogP) is 1.73. The van der Waals surface area contributed by atoms with E-state index in [1.807, 2.05) is 0 Å². The molecule has 1 heterocycles. The zero-order valence-electron chi connectivity index (χ0n) is 9.88. The molecule has 1 aliphatic heterocycles. The van der Waals surface area contributed by atoms with E-state index in [1.54, 1.807) is 0 Å². The minimum Gasteiger partial charge on any atom is -0.312 e. The van der Waals surface area contributed by atoms with E-state index >= 15 is 0 Å². The number of hydrogen-bond donors (Lipinski definition) is 1. The van der Waals surface area contributed by atoms with Crippen LogP contribution >= 0.6 is 0 Å². The average Bonchev–Trinajstić information content (AvgIpc) is 2.28. The average molecular weight is 233 g/mol. The van der Waals surface area contributed by atoms with Gasteiger partial charge in [-0.2, -0.15) is 0 Å². The van der Waals surface area contributed by atoms with Crippen molar-refractivity contribution in [2.75, 3.05) is 18.6 Å². The Balaban J connectivity index is 2.34. The number of nitrogens with one attached hydrogen (secondary N) is 1. The summed E-state index contributed by atoms with van der Waals surface area (Å²) in [6.07, 6.45) is 8.06. The summed E-state index contributed by atoms with van der Waals surface area (Å²) in [7, 11) is -2.79. The quantitative estimate of drug-likeness (QED) is 0.804. The molecule has 3 nitrogen and oxygen atoms in total. The summed E-state index contributed by atoms with van der Waals surface area (Å²) in [4.78, 5) is 0. The Morgan fingerprint density at radius 1 is 1.27 bits per heavy atom. The topological polar surface area (TPSA) is 46.2 Å². The van der Waals surface area contributed by atoms with E-state index in [-0.39, 0.29) is 5.54 Å². The van der Waals surface area contributed by atoms with Gasteiger partial charge in [0.1, 0.15) is 9.84 Å². The molecule has 1 N–H and O–H groups in total. The summed E-state index contributed by atoms with van der Waals surface area (Å²) in [5.41, 5.74) is 0.168. The number of rotatable bonds is 4. The summed E-state index contributed by atoms with van der Waals surface area (Å²) in [6.45, 7) is 3.30. The molecule has 0 aromatic rings. The lowest BCUT2D eigenvalue weighted by Gasteiger charge is -2.29. The number of sulfone groups is 1. The smallest absolute Gasteiger partial charge is 0.147 e. The van der Waals surface area contributed by atoms with Crippen molar-refractivity contribution in [1.82, 2.24) is 5.32 Å². The first-order chi connectivity index (χ1) is 6.91. The third-order valence-corrected chi connectivity index (χ3v) is 4.23. The van der Waals surface area contributed by atoms with Crippen LogP contribution in [0.4, 0.5) is 0 Å². The van der Waals surface area contributed by atoms with Crippen LogP contribution in [0.25, 0.3) is 0 Å². The van der Waals surface area contributed by atoms with Crippen molar-refractivity contribution in [3.63, 3.8) is 0 Å². The summed E-state index contributed by atoms with van der Waals surface area (Å²) in [5, 5.41) is 3.55. The molecule has 0 aromatic heterocycles. The van der Waals surface area contributed by atoms with E-state index in [1.165, 1.54) is 31.9 Å². The molecule has 0 spiro atoms. The molecule has 1 unspecified atom stereocenters. The maximum absolute atomic E-state index is 11.0. The fraction of sp³-hybridized carbons (Fsp3) is 1.00. The fourth-order valence-electron chi connectivity index (χ4n) is 2.23. The van der Waals surface area contributed by atoms with E-state index in [9.17, 15) is 8.42 Å². The second kappa shape index (κ2) is 5.30. The lowest BCUT2D eigenvalue weighted by molar-refractivity contribution is 0.321. The van der Waals surface area contributed by atoms with Crippen molar-refractivity contribution in [2.24, 2.45) is 0 Å². The normalized spacial score (nSPS) is 28.7. The second-order valence-corrected chi connectivity index (χ2v) is 7.29. The molecule has 0 aliphatic carbocycles. The lowest BCUT2D eigenvalue weighted by atomic mass is 9.91. The molecule has 1 saturated heterocycles. The molecule has 90 valence electrons. The van der Waals surface area contributed by atoms with Crippen molar-refractivity contribution in [1.29, 1.82) is 0 Å².